The molecule has 1 aromatic rings. The van der Waals surface area contributed by atoms with Gasteiger partial charge in [0.05, 0.1) is 24.5 Å². The molecule has 0 radical (unpaired) electrons. The van der Waals surface area contributed by atoms with Crippen molar-refractivity contribution in [2.24, 2.45) is 33.5 Å². The van der Waals surface area contributed by atoms with E-state index in [-0.39, 0.29) is 35.5 Å². The number of esters is 2. The van der Waals surface area contributed by atoms with Gasteiger partial charge in [-0.1, -0.05) is 34.6 Å². The SMILES string of the molecule is CC(=O)O[C@H]1C[C@@H](OC(C)=O)C(C)(C)[C@@H]2C[C@@H](O)[C@]3(C)[C@H](CC[C@@]4(C)[C@H](c5ccoc5)C(=O)[C@H]5O[C@@]534)[C@@]12C. The monoisotopic (exact) mass is 528 g/mol. The van der Waals surface area contributed by atoms with Gasteiger partial charge >= 0.3 is 11.9 Å². The number of furan rings is 1. The Labute approximate surface area is 223 Å². The third kappa shape index (κ3) is 2.81. The van der Waals surface area contributed by atoms with E-state index in [1.54, 1.807) is 12.5 Å². The van der Waals surface area contributed by atoms with Crippen LogP contribution in [0.2, 0.25) is 0 Å². The normalized spacial score (nSPS) is 50.2. The van der Waals surface area contributed by atoms with Crippen LogP contribution in [0, 0.1) is 33.5 Å². The van der Waals surface area contributed by atoms with Crippen LogP contribution in [0.25, 0.3) is 0 Å². The first-order chi connectivity index (χ1) is 17.7. The molecule has 0 aromatic carbocycles. The van der Waals surface area contributed by atoms with Gasteiger partial charge in [-0.3, -0.25) is 14.4 Å². The minimum atomic E-state index is -0.813. The molecule has 5 fully saturated rings. The van der Waals surface area contributed by atoms with E-state index < -0.39 is 51.7 Å². The second-order valence-corrected chi connectivity index (χ2v) is 13.8. The number of hydrogen-bond donors (Lipinski definition) is 1. The van der Waals surface area contributed by atoms with Crippen molar-refractivity contribution >= 4 is 17.7 Å². The summed E-state index contributed by atoms with van der Waals surface area (Å²) in [5.74, 6) is -1.21. The molecule has 8 heteroatoms. The number of fused-ring (bicyclic) bond motifs is 3. The number of epoxide rings is 1. The van der Waals surface area contributed by atoms with Crippen molar-refractivity contribution in [2.75, 3.05) is 0 Å². The minimum absolute atomic E-state index is 0.0608. The van der Waals surface area contributed by atoms with Crippen molar-refractivity contribution in [3.05, 3.63) is 24.2 Å². The van der Waals surface area contributed by atoms with E-state index in [9.17, 15) is 19.5 Å². The second kappa shape index (κ2) is 7.72. The van der Waals surface area contributed by atoms with Gasteiger partial charge in [-0.2, -0.15) is 0 Å². The van der Waals surface area contributed by atoms with Crippen LogP contribution in [0.15, 0.2) is 23.0 Å². The summed E-state index contributed by atoms with van der Waals surface area (Å²) in [6.45, 7) is 13.4. The largest absolute Gasteiger partial charge is 0.472 e. The van der Waals surface area contributed by atoms with Gasteiger partial charge in [0.1, 0.15) is 23.9 Å². The smallest absolute Gasteiger partial charge is 0.302 e. The zero-order valence-electron chi connectivity index (χ0n) is 23.4. The van der Waals surface area contributed by atoms with Crippen LogP contribution in [0.5, 0.6) is 0 Å². The van der Waals surface area contributed by atoms with E-state index in [0.29, 0.717) is 12.8 Å². The lowest BCUT2D eigenvalue weighted by atomic mass is 9.35. The first kappa shape index (κ1) is 26.1. The van der Waals surface area contributed by atoms with E-state index in [4.69, 9.17) is 18.6 Å². The van der Waals surface area contributed by atoms with E-state index in [1.165, 1.54) is 13.8 Å². The highest BCUT2D eigenvalue weighted by molar-refractivity contribution is 5.98. The molecule has 4 saturated carbocycles. The zero-order valence-corrected chi connectivity index (χ0v) is 23.4. The average Bonchev–Trinajstić information content (AvgIpc) is 3.30. The quantitative estimate of drug-likeness (QED) is 0.459. The van der Waals surface area contributed by atoms with Gasteiger partial charge in [0.15, 0.2) is 5.78 Å². The molecule has 8 nitrogen and oxygen atoms in total. The van der Waals surface area contributed by atoms with Crippen molar-refractivity contribution in [3.63, 3.8) is 0 Å². The molecule has 1 spiro atoms. The van der Waals surface area contributed by atoms with Crippen molar-refractivity contribution < 1.29 is 38.1 Å². The van der Waals surface area contributed by atoms with Crippen LogP contribution in [-0.2, 0) is 28.6 Å². The number of carbonyl (C=O) groups excluding carboxylic acids is 3. The fourth-order valence-electron chi connectivity index (χ4n) is 10.6. The molecule has 1 saturated heterocycles. The fourth-order valence-corrected chi connectivity index (χ4v) is 10.6. The highest BCUT2D eigenvalue weighted by atomic mass is 16.6. The van der Waals surface area contributed by atoms with E-state index in [2.05, 4.69) is 34.6 Å². The Morgan fingerprint density at radius 1 is 1.00 bits per heavy atom. The summed E-state index contributed by atoms with van der Waals surface area (Å²) >= 11 is 0. The Balaban J connectivity index is 1.48. The number of rotatable bonds is 3. The Morgan fingerprint density at radius 2 is 1.66 bits per heavy atom. The Hall–Kier alpha value is -2.19. The Bertz CT molecular complexity index is 1190. The maximum absolute atomic E-state index is 13.8. The van der Waals surface area contributed by atoms with Crippen LogP contribution in [0.4, 0.5) is 0 Å². The van der Waals surface area contributed by atoms with Crippen LogP contribution >= 0.6 is 0 Å². The van der Waals surface area contributed by atoms with Crippen LogP contribution in [-0.4, -0.2) is 52.8 Å². The third-order valence-corrected chi connectivity index (χ3v) is 12.1. The average molecular weight is 529 g/mol. The lowest BCUT2D eigenvalue weighted by Gasteiger charge is -2.70. The van der Waals surface area contributed by atoms with Gasteiger partial charge in [-0.05, 0) is 37.2 Å². The summed E-state index contributed by atoms with van der Waals surface area (Å²) in [5, 5.41) is 12.1. The maximum atomic E-state index is 13.8. The van der Waals surface area contributed by atoms with Crippen molar-refractivity contribution in [1.82, 2.24) is 0 Å². The van der Waals surface area contributed by atoms with Crippen molar-refractivity contribution in [2.45, 2.75) is 110 Å². The molecule has 208 valence electrons. The highest BCUT2D eigenvalue weighted by Crippen LogP contribution is 2.82. The van der Waals surface area contributed by atoms with Crippen LogP contribution < -0.4 is 0 Å². The molecule has 0 amide bonds. The molecule has 38 heavy (non-hydrogen) atoms. The molecule has 1 aromatic heterocycles. The number of hydrogen-bond acceptors (Lipinski definition) is 8. The zero-order chi connectivity index (χ0) is 27.6. The first-order valence-electron chi connectivity index (χ1n) is 13.9. The molecule has 11 atom stereocenters. The second-order valence-electron chi connectivity index (χ2n) is 13.8. The Kier molecular flexibility index (Phi) is 5.29. The van der Waals surface area contributed by atoms with Gasteiger partial charge in [-0.15, -0.1) is 0 Å². The fraction of sp³-hybridized carbons (Fsp3) is 0.767. The van der Waals surface area contributed by atoms with Crippen LogP contribution in [0.3, 0.4) is 0 Å². The van der Waals surface area contributed by atoms with E-state index in [0.717, 1.165) is 18.4 Å². The van der Waals surface area contributed by atoms with E-state index >= 15 is 0 Å². The van der Waals surface area contributed by atoms with Crippen molar-refractivity contribution in [1.29, 1.82) is 0 Å². The standard InChI is InChI=1S/C30H40O8/c1-15(31)36-21-13-22(37-16(2)32)28(6)18-8-10-27(5)23(17-9-11-35-14-17)24(34)25-30(27,38-25)29(18,7)20(33)12-19(28)26(21,3)4/h9,11,14,18-23,25,33H,8,10,12-13H2,1-7H3/t18-,19+,20-,21-,22+,23-,25-,27+,28-,29+,30-/m1/s1. The van der Waals surface area contributed by atoms with Gasteiger partial charge in [-0.25, -0.2) is 0 Å². The number of aliphatic hydroxyl groups is 1. The summed E-state index contributed by atoms with van der Waals surface area (Å²) in [7, 11) is 0. The number of carbonyl (C=O) groups is 3. The van der Waals surface area contributed by atoms with Crippen molar-refractivity contribution in [3.8, 4) is 0 Å². The Morgan fingerprint density at radius 3 is 2.26 bits per heavy atom. The number of ketones is 1. The summed E-state index contributed by atoms with van der Waals surface area (Å²) in [5.41, 5.74) is -2.19. The molecule has 6 rings (SSSR count). The molecular formula is C30H40O8. The molecule has 4 aliphatic carbocycles. The summed E-state index contributed by atoms with van der Waals surface area (Å²) in [6, 6.07) is 1.87. The molecule has 5 aliphatic rings. The number of aliphatic hydroxyl groups excluding tert-OH is 1. The molecule has 0 bridgehead atoms. The third-order valence-electron chi connectivity index (χ3n) is 12.1. The topological polar surface area (TPSA) is 116 Å². The first-order valence-corrected chi connectivity index (χ1v) is 13.9. The minimum Gasteiger partial charge on any atom is -0.472 e. The maximum Gasteiger partial charge on any atom is 0.302 e. The molecule has 1 aliphatic heterocycles. The molecular weight excluding hydrogens is 488 g/mol. The predicted octanol–water partition coefficient (Wildman–Crippen LogP) is 4.19. The van der Waals surface area contributed by atoms with E-state index in [1.807, 2.05) is 6.07 Å². The molecule has 2 heterocycles. The predicted molar refractivity (Wildman–Crippen MR) is 135 cm³/mol. The molecule has 1 N–H and O–H groups in total. The summed E-state index contributed by atoms with van der Waals surface area (Å²) in [4.78, 5) is 38.2. The van der Waals surface area contributed by atoms with Gasteiger partial charge in [0.25, 0.3) is 0 Å². The van der Waals surface area contributed by atoms with Crippen LogP contribution in [0.1, 0.15) is 85.6 Å². The lowest BCUT2D eigenvalue weighted by Crippen LogP contribution is -2.73. The van der Waals surface area contributed by atoms with Gasteiger partial charge in [0, 0.05) is 47.5 Å². The van der Waals surface area contributed by atoms with Gasteiger partial charge < -0.3 is 23.7 Å². The van der Waals surface area contributed by atoms with Gasteiger partial charge in [0.2, 0.25) is 0 Å². The summed E-state index contributed by atoms with van der Waals surface area (Å²) < 4.78 is 23.7. The number of Topliss-reactive ketones (excluding diaryl/α,β-unsaturated/α-hetero) is 1. The number of ether oxygens (including phenoxy) is 3. The summed E-state index contributed by atoms with van der Waals surface area (Å²) in [6.07, 6.45) is 3.30. The highest BCUT2D eigenvalue weighted by Gasteiger charge is 2.90. The lowest BCUT2D eigenvalue weighted by molar-refractivity contribution is -0.287. The molecule has 0 unspecified atom stereocenters.